The molecule has 0 aliphatic carbocycles. The average molecular weight is 222 g/mol. The number of β-amino-alcohol motifs (C(OH)–C–C–N with tert-alkyl or cyclic N) is 1. The van der Waals surface area contributed by atoms with Crippen LogP contribution in [0.1, 0.15) is 31.7 Å². The van der Waals surface area contributed by atoms with Gasteiger partial charge in [0, 0.05) is 13.1 Å². The molecule has 1 aliphatic heterocycles. The molecule has 1 aromatic rings. The van der Waals surface area contributed by atoms with Gasteiger partial charge in [0.2, 0.25) is 5.95 Å². The zero-order valence-corrected chi connectivity index (χ0v) is 9.85. The molecular formula is C11H18N4O. The third kappa shape index (κ3) is 2.14. The third-order valence-electron chi connectivity index (χ3n) is 2.94. The summed E-state index contributed by atoms with van der Waals surface area (Å²) >= 11 is 0. The van der Waals surface area contributed by atoms with Crippen LogP contribution in [-0.4, -0.2) is 39.5 Å². The molecule has 0 spiro atoms. The van der Waals surface area contributed by atoms with E-state index in [2.05, 4.69) is 29.0 Å². The van der Waals surface area contributed by atoms with Gasteiger partial charge >= 0.3 is 0 Å². The van der Waals surface area contributed by atoms with Crippen LogP contribution in [0.5, 0.6) is 0 Å². The average Bonchev–Trinajstić information content (AvgIpc) is 2.75. The van der Waals surface area contributed by atoms with Crippen LogP contribution in [0.4, 0.5) is 5.95 Å². The van der Waals surface area contributed by atoms with Crippen molar-refractivity contribution in [2.75, 3.05) is 18.0 Å². The molecule has 1 N–H and O–H groups in total. The first-order chi connectivity index (χ1) is 7.74. The van der Waals surface area contributed by atoms with E-state index < -0.39 is 0 Å². The lowest BCUT2D eigenvalue weighted by atomic mass is 10.2. The fourth-order valence-electron chi connectivity index (χ4n) is 1.99. The van der Waals surface area contributed by atoms with Crippen LogP contribution in [0.3, 0.4) is 0 Å². The summed E-state index contributed by atoms with van der Waals surface area (Å²) in [6.45, 7) is 5.57. The molecule has 0 unspecified atom stereocenters. The number of aromatic nitrogens is 3. The highest BCUT2D eigenvalue weighted by Crippen LogP contribution is 2.16. The Morgan fingerprint density at radius 2 is 2.00 bits per heavy atom. The van der Waals surface area contributed by atoms with Crippen molar-refractivity contribution >= 4 is 5.95 Å². The first-order valence-electron chi connectivity index (χ1n) is 5.90. The van der Waals surface area contributed by atoms with Crippen LogP contribution in [-0.2, 0) is 12.8 Å². The molecule has 5 nitrogen and oxygen atoms in total. The van der Waals surface area contributed by atoms with E-state index in [1.807, 2.05) is 4.90 Å². The van der Waals surface area contributed by atoms with Gasteiger partial charge in [0.05, 0.1) is 17.5 Å². The highest BCUT2D eigenvalue weighted by Gasteiger charge is 2.23. The predicted molar refractivity (Wildman–Crippen MR) is 61.4 cm³/mol. The summed E-state index contributed by atoms with van der Waals surface area (Å²) in [5, 5.41) is 17.8. The lowest BCUT2D eigenvalue weighted by molar-refractivity contribution is 0.198. The van der Waals surface area contributed by atoms with Crippen LogP contribution >= 0.6 is 0 Å². The van der Waals surface area contributed by atoms with Gasteiger partial charge in [-0.2, -0.15) is 5.10 Å². The molecule has 0 saturated carbocycles. The van der Waals surface area contributed by atoms with Crippen LogP contribution in [0.15, 0.2) is 0 Å². The molecule has 0 amide bonds. The van der Waals surface area contributed by atoms with Crippen molar-refractivity contribution in [2.24, 2.45) is 0 Å². The van der Waals surface area contributed by atoms with E-state index in [1.165, 1.54) is 0 Å². The monoisotopic (exact) mass is 222 g/mol. The van der Waals surface area contributed by atoms with E-state index in [9.17, 15) is 5.11 Å². The summed E-state index contributed by atoms with van der Waals surface area (Å²) in [7, 11) is 0. The van der Waals surface area contributed by atoms with E-state index in [4.69, 9.17) is 0 Å². The van der Waals surface area contributed by atoms with Crippen molar-refractivity contribution in [1.82, 2.24) is 15.2 Å². The predicted octanol–water partition coefficient (Wildman–Crippen LogP) is 0.567. The Morgan fingerprint density at radius 1 is 1.25 bits per heavy atom. The smallest absolute Gasteiger partial charge is 0.245 e. The van der Waals surface area contributed by atoms with Gasteiger partial charge < -0.3 is 10.0 Å². The molecule has 88 valence electrons. The number of hydrogen-bond donors (Lipinski definition) is 1. The van der Waals surface area contributed by atoms with Gasteiger partial charge in [0.15, 0.2) is 0 Å². The van der Waals surface area contributed by atoms with Crippen LogP contribution in [0.25, 0.3) is 0 Å². The third-order valence-corrected chi connectivity index (χ3v) is 2.94. The van der Waals surface area contributed by atoms with Crippen molar-refractivity contribution < 1.29 is 5.11 Å². The fourth-order valence-corrected chi connectivity index (χ4v) is 1.99. The maximum atomic E-state index is 9.47. The number of anilines is 1. The lowest BCUT2D eigenvalue weighted by Crippen LogP contribution is -2.24. The Labute approximate surface area is 95.5 Å². The normalized spacial score (nSPS) is 20.4. The molecule has 1 atom stereocenters. The summed E-state index contributed by atoms with van der Waals surface area (Å²) in [5.41, 5.74) is 2.00. The first kappa shape index (κ1) is 11.3. The van der Waals surface area contributed by atoms with Crippen molar-refractivity contribution in [3.05, 3.63) is 11.4 Å². The highest BCUT2D eigenvalue weighted by atomic mass is 16.3. The molecule has 0 aromatic carbocycles. The van der Waals surface area contributed by atoms with Gasteiger partial charge in [0.25, 0.3) is 0 Å². The number of aliphatic hydroxyl groups is 1. The summed E-state index contributed by atoms with van der Waals surface area (Å²) < 4.78 is 0. The number of aryl methyl sites for hydroxylation is 2. The SMILES string of the molecule is CCc1nnc(N2CC[C@H](O)C2)nc1CC. The minimum absolute atomic E-state index is 0.250. The Balaban J connectivity index is 2.22. The van der Waals surface area contributed by atoms with Crippen molar-refractivity contribution in [1.29, 1.82) is 0 Å². The molecule has 1 saturated heterocycles. The topological polar surface area (TPSA) is 62.1 Å². The van der Waals surface area contributed by atoms with Crippen molar-refractivity contribution in [3.8, 4) is 0 Å². The lowest BCUT2D eigenvalue weighted by Gasteiger charge is -2.15. The Hall–Kier alpha value is -1.23. The molecule has 0 bridgehead atoms. The molecular weight excluding hydrogens is 204 g/mol. The summed E-state index contributed by atoms with van der Waals surface area (Å²) in [5.74, 6) is 0.658. The highest BCUT2D eigenvalue weighted by molar-refractivity contribution is 5.32. The summed E-state index contributed by atoms with van der Waals surface area (Å²) in [4.78, 5) is 6.52. The second kappa shape index (κ2) is 4.74. The molecule has 5 heteroatoms. The fraction of sp³-hybridized carbons (Fsp3) is 0.727. The van der Waals surface area contributed by atoms with E-state index in [-0.39, 0.29) is 6.10 Å². The van der Waals surface area contributed by atoms with Gasteiger partial charge in [-0.15, -0.1) is 5.10 Å². The van der Waals surface area contributed by atoms with Gasteiger partial charge in [-0.1, -0.05) is 13.8 Å². The second-order valence-electron chi connectivity index (χ2n) is 4.10. The Morgan fingerprint density at radius 3 is 2.56 bits per heavy atom. The maximum Gasteiger partial charge on any atom is 0.245 e. The molecule has 1 aliphatic rings. The van der Waals surface area contributed by atoms with Crippen LogP contribution < -0.4 is 4.90 Å². The summed E-state index contributed by atoms with van der Waals surface area (Å²) in [6.07, 6.45) is 2.29. The van der Waals surface area contributed by atoms with Crippen molar-refractivity contribution in [3.63, 3.8) is 0 Å². The van der Waals surface area contributed by atoms with E-state index in [0.29, 0.717) is 12.5 Å². The minimum Gasteiger partial charge on any atom is -0.391 e. The standard InChI is InChI=1S/C11H18N4O/c1-3-9-10(4-2)13-14-11(12-9)15-6-5-8(16)7-15/h8,16H,3-7H2,1-2H3/t8-/m0/s1. The van der Waals surface area contributed by atoms with E-state index in [1.54, 1.807) is 0 Å². The molecule has 0 radical (unpaired) electrons. The Kier molecular flexibility index (Phi) is 3.33. The van der Waals surface area contributed by atoms with E-state index in [0.717, 1.165) is 37.2 Å². The number of hydrogen-bond acceptors (Lipinski definition) is 5. The molecule has 2 rings (SSSR count). The van der Waals surface area contributed by atoms with Gasteiger partial charge in [-0.25, -0.2) is 4.98 Å². The maximum absolute atomic E-state index is 9.47. The molecule has 1 aromatic heterocycles. The number of aliphatic hydroxyl groups excluding tert-OH is 1. The van der Waals surface area contributed by atoms with Crippen LogP contribution in [0.2, 0.25) is 0 Å². The van der Waals surface area contributed by atoms with Gasteiger partial charge in [-0.05, 0) is 19.3 Å². The zero-order chi connectivity index (χ0) is 11.5. The number of nitrogens with zero attached hydrogens (tertiary/aromatic N) is 4. The van der Waals surface area contributed by atoms with Crippen molar-refractivity contribution in [2.45, 2.75) is 39.2 Å². The number of rotatable bonds is 3. The quantitative estimate of drug-likeness (QED) is 0.810. The van der Waals surface area contributed by atoms with Gasteiger partial charge in [-0.3, -0.25) is 0 Å². The largest absolute Gasteiger partial charge is 0.391 e. The van der Waals surface area contributed by atoms with Gasteiger partial charge in [0.1, 0.15) is 0 Å². The van der Waals surface area contributed by atoms with Crippen LogP contribution in [0, 0.1) is 0 Å². The second-order valence-corrected chi connectivity index (χ2v) is 4.10. The Bertz CT molecular complexity index is 369. The summed E-state index contributed by atoms with van der Waals surface area (Å²) in [6, 6.07) is 0. The molecule has 1 fully saturated rings. The minimum atomic E-state index is -0.250. The molecule has 2 heterocycles. The first-order valence-corrected chi connectivity index (χ1v) is 5.90. The molecule has 16 heavy (non-hydrogen) atoms. The zero-order valence-electron chi connectivity index (χ0n) is 9.85. The van der Waals surface area contributed by atoms with E-state index >= 15 is 0 Å².